The molecule has 0 radical (unpaired) electrons. The minimum absolute atomic E-state index is 0.0253. The van der Waals surface area contributed by atoms with Crippen LogP contribution in [0.4, 0.5) is 4.39 Å². The van der Waals surface area contributed by atoms with E-state index in [0.29, 0.717) is 31.5 Å². The number of nitrogens with zero attached hydrogens (tertiary/aromatic N) is 3. The van der Waals surface area contributed by atoms with Crippen LogP contribution in [0.25, 0.3) is 0 Å². The van der Waals surface area contributed by atoms with Gasteiger partial charge < -0.3 is 15.0 Å². The van der Waals surface area contributed by atoms with Gasteiger partial charge in [-0.1, -0.05) is 24.3 Å². The van der Waals surface area contributed by atoms with Crippen LogP contribution in [-0.2, 0) is 16.1 Å². The molecule has 3 amide bonds. The van der Waals surface area contributed by atoms with E-state index in [4.69, 9.17) is 4.74 Å². The number of halogens is 1. The Morgan fingerprint density at radius 1 is 1.03 bits per heavy atom. The van der Waals surface area contributed by atoms with E-state index >= 15 is 0 Å². The van der Waals surface area contributed by atoms with Crippen molar-refractivity contribution < 1.29 is 23.5 Å². The van der Waals surface area contributed by atoms with Crippen LogP contribution in [0.15, 0.2) is 73.1 Å². The molecule has 2 aliphatic rings. The standard InChI is InChI=1S/C29H29FN4O4/c1-20-5-2-3-7-24(20)28(37)33-15-12-29(13-16-33)34(27(36)22-8-10-23(30)11-9-22)25(19-38-29)26(35)32-18-21-6-4-14-31-17-21/h2-11,14,17,25H,12-13,15-16,18-19H2,1H3,(H,32,35). The van der Waals surface area contributed by atoms with Crippen molar-refractivity contribution in [1.29, 1.82) is 0 Å². The van der Waals surface area contributed by atoms with E-state index in [1.165, 1.54) is 29.2 Å². The molecule has 38 heavy (non-hydrogen) atoms. The molecular formula is C29H29FN4O4. The van der Waals surface area contributed by atoms with Crippen LogP contribution >= 0.6 is 0 Å². The van der Waals surface area contributed by atoms with E-state index in [2.05, 4.69) is 10.3 Å². The Hall–Kier alpha value is -4.11. The lowest BCUT2D eigenvalue weighted by Gasteiger charge is -2.44. The summed E-state index contributed by atoms with van der Waals surface area (Å²) in [4.78, 5) is 47.6. The van der Waals surface area contributed by atoms with Crippen molar-refractivity contribution in [2.45, 2.75) is 38.1 Å². The van der Waals surface area contributed by atoms with Gasteiger partial charge >= 0.3 is 0 Å². The number of carbonyl (C=O) groups excluding carboxylic acids is 3. The predicted octanol–water partition coefficient (Wildman–Crippen LogP) is 3.32. The van der Waals surface area contributed by atoms with E-state index in [1.807, 2.05) is 31.2 Å². The lowest BCUT2D eigenvalue weighted by atomic mass is 9.95. The maximum Gasteiger partial charge on any atom is 0.256 e. The third-order valence-corrected chi connectivity index (χ3v) is 7.27. The Kier molecular flexibility index (Phi) is 7.20. The average Bonchev–Trinajstić information content (AvgIpc) is 3.31. The van der Waals surface area contributed by atoms with Gasteiger partial charge in [0.05, 0.1) is 6.61 Å². The number of aromatic nitrogens is 1. The van der Waals surface area contributed by atoms with Crippen molar-refractivity contribution in [1.82, 2.24) is 20.1 Å². The van der Waals surface area contributed by atoms with Crippen molar-refractivity contribution in [2.75, 3.05) is 19.7 Å². The molecule has 2 aromatic carbocycles. The van der Waals surface area contributed by atoms with Crippen LogP contribution in [0.2, 0.25) is 0 Å². The molecule has 1 N–H and O–H groups in total. The topological polar surface area (TPSA) is 91.8 Å². The second-order valence-corrected chi connectivity index (χ2v) is 9.64. The van der Waals surface area contributed by atoms with E-state index < -0.39 is 23.5 Å². The zero-order valence-corrected chi connectivity index (χ0v) is 21.1. The van der Waals surface area contributed by atoms with Gasteiger partial charge in [0.1, 0.15) is 17.6 Å². The summed E-state index contributed by atoms with van der Waals surface area (Å²) in [6.07, 6.45) is 4.02. The van der Waals surface area contributed by atoms with Gasteiger partial charge in [0.25, 0.3) is 11.8 Å². The fourth-order valence-electron chi connectivity index (χ4n) is 5.15. The Bertz CT molecular complexity index is 1320. The van der Waals surface area contributed by atoms with Crippen LogP contribution in [0, 0.1) is 12.7 Å². The Balaban J connectivity index is 1.37. The maximum atomic E-state index is 13.8. The summed E-state index contributed by atoms with van der Waals surface area (Å²) in [5.74, 6) is -1.29. The van der Waals surface area contributed by atoms with Gasteiger partial charge in [-0.05, 0) is 54.4 Å². The summed E-state index contributed by atoms with van der Waals surface area (Å²) in [5, 5.41) is 2.89. The van der Waals surface area contributed by atoms with Crippen LogP contribution in [0.1, 0.15) is 44.7 Å². The number of rotatable bonds is 5. The first-order valence-electron chi connectivity index (χ1n) is 12.6. The maximum absolute atomic E-state index is 13.8. The van der Waals surface area contributed by atoms with Crippen LogP contribution in [0.3, 0.4) is 0 Å². The molecule has 2 saturated heterocycles. The molecule has 1 unspecified atom stereocenters. The number of pyridine rings is 1. The molecule has 3 aromatic rings. The first kappa shape index (κ1) is 25.5. The summed E-state index contributed by atoms with van der Waals surface area (Å²) >= 11 is 0. The van der Waals surface area contributed by atoms with Gasteiger partial charge in [0.15, 0.2) is 0 Å². The molecule has 0 aliphatic carbocycles. The fraction of sp³-hybridized carbons (Fsp3) is 0.310. The third-order valence-electron chi connectivity index (χ3n) is 7.27. The summed E-state index contributed by atoms with van der Waals surface area (Å²) in [5.41, 5.74) is 1.58. The molecule has 2 fully saturated rings. The van der Waals surface area contributed by atoms with E-state index in [0.717, 1.165) is 11.1 Å². The second-order valence-electron chi connectivity index (χ2n) is 9.64. The highest BCUT2D eigenvalue weighted by Gasteiger charge is 2.54. The largest absolute Gasteiger partial charge is 0.353 e. The minimum Gasteiger partial charge on any atom is -0.353 e. The zero-order chi connectivity index (χ0) is 26.7. The number of ether oxygens (including phenoxy) is 1. The lowest BCUT2D eigenvalue weighted by molar-refractivity contribution is -0.128. The second kappa shape index (κ2) is 10.7. The number of amides is 3. The molecule has 3 heterocycles. The van der Waals surface area contributed by atoms with Crippen LogP contribution < -0.4 is 5.32 Å². The molecule has 2 aliphatic heterocycles. The summed E-state index contributed by atoms with van der Waals surface area (Å²) in [6, 6.07) is 15.5. The molecule has 1 spiro atoms. The number of benzene rings is 2. The molecule has 196 valence electrons. The summed E-state index contributed by atoms with van der Waals surface area (Å²) in [6.45, 7) is 2.91. The number of nitrogens with one attached hydrogen (secondary N) is 1. The molecule has 0 bridgehead atoms. The first-order chi connectivity index (χ1) is 18.4. The normalized spacial score (nSPS) is 18.4. The fourth-order valence-corrected chi connectivity index (χ4v) is 5.15. The highest BCUT2D eigenvalue weighted by Crippen LogP contribution is 2.39. The third kappa shape index (κ3) is 5.02. The lowest BCUT2D eigenvalue weighted by Crippen LogP contribution is -2.59. The number of aryl methyl sites for hydroxylation is 1. The van der Waals surface area contributed by atoms with Crippen molar-refractivity contribution in [2.24, 2.45) is 0 Å². The van der Waals surface area contributed by atoms with E-state index in [9.17, 15) is 18.8 Å². The van der Waals surface area contributed by atoms with E-state index in [-0.39, 0.29) is 30.5 Å². The Labute approximate surface area is 220 Å². The van der Waals surface area contributed by atoms with Gasteiger partial charge in [-0.15, -0.1) is 0 Å². The van der Waals surface area contributed by atoms with Gasteiger partial charge in [-0.25, -0.2) is 4.39 Å². The summed E-state index contributed by atoms with van der Waals surface area (Å²) < 4.78 is 19.8. The molecular weight excluding hydrogens is 487 g/mol. The van der Waals surface area contributed by atoms with Crippen LogP contribution in [0.5, 0.6) is 0 Å². The minimum atomic E-state index is -1.05. The van der Waals surface area contributed by atoms with Crippen molar-refractivity contribution in [3.63, 3.8) is 0 Å². The highest BCUT2D eigenvalue weighted by molar-refractivity contribution is 5.99. The molecule has 5 rings (SSSR count). The Morgan fingerprint density at radius 2 is 1.76 bits per heavy atom. The SMILES string of the molecule is Cc1ccccc1C(=O)N1CCC2(CC1)OCC(C(=O)NCc1cccnc1)N2C(=O)c1ccc(F)cc1. The molecule has 0 saturated carbocycles. The first-order valence-corrected chi connectivity index (χ1v) is 12.6. The van der Waals surface area contributed by atoms with Crippen molar-refractivity contribution >= 4 is 17.7 Å². The number of piperidine rings is 1. The van der Waals surface area contributed by atoms with Crippen molar-refractivity contribution in [3.05, 3.63) is 101 Å². The monoisotopic (exact) mass is 516 g/mol. The number of hydrogen-bond donors (Lipinski definition) is 1. The number of likely N-dealkylation sites (tertiary alicyclic amines) is 1. The molecule has 9 heteroatoms. The number of hydrogen-bond acceptors (Lipinski definition) is 5. The van der Waals surface area contributed by atoms with Gasteiger partial charge in [-0.2, -0.15) is 0 Å². The van der Waals surface area contributed by atoms with Gasteiger partial charge in [0.2, 0.25) is 5.91 Å². The van der Waals surface area contributed by atoms with Gasteiger partial charge in [-0.3, -0.25) is 24.3 Å². The smallest absolute Gasteiger partial charge is 0.256 e. The average molecular weight is 517 g/mol. The Morgan fingerprint density at radius 3 is 2.45 bits per heavy atom. The summed E-state index contributed by atoms with van der Waals surface area (Å²) in [7, 11) is 0. The zero-order valence-electron chi connectivity index (χ0n) is 21.1. The quantitative estimate of drug-likeness (QED) is 0.562. The molecule has 8 nitrogen and oxygen atoms in total. The van der Waals surface area contributed by atoms with Crippen LogP contribution in [-0.4, -0.2) is 64.0 Å². The number of carbonyl (C=O) groups is 3. The molecule has 1 atom stereocenters. The van der Waals surface area contributed by atoms with Gasteiger partial charge in [0, 0.05) is 56.0 Å². The highest BCUT2D eigenvalue weighted by atomic mass is 19.1. The van der Waals surface area contributed by atoms with Crippen molar-refractivity contribution in [3.8, 4) is 0 Å². The molecule has 1 aromatic heterocycles. The van der Waals surface area contributed by atoms with E-state index in [1.54, 1.807) is 29.4 Å². The predicted molar refractivity (Wildman–Crippen MR) is 137 cm³/mol.